The maximum absolute atomic E-state index is 11.8. The van der Waals surface area contributed by atoms with Gasteiger partial charge < -0.3 is 5.32 Å². The van der Waals surface area contributed by atoms with Crippen molar-refractivity contribution in [3.8, 4) is 0 Å². The van der Waals surface area contributed by atoms with E-state index in [0.717, 1.165) is 22.9 Å². The lowest BCUT2D eigenvalue weighted by Crippen LogP contribution is -2.35. The highest BCUT2D eigenvalue weighted by atomic mass is 79.9. The predicted octanol–water partition coefficient (Wildman–Crippen LogP) is 3.52. The fraction of sp³-hybridized carbons (Fsp3) is 0.462. The molecule has 0 aliphatic heterocycles. The third-order valence-corrected chi connectivity index (χ3v) is 3.34. The maximum atomic E-state index is 11.8. The third kappa shape index (κ3) is 5.55. The van der Waals surface area contributed by atoms with Crippen molar-refractivity contribution < 1.29 is 4.79 Å². The molecule has 0 radical (unpaired) electrons. The number of halogens is 2. The zero-order valence-corrected chi connectivity index (χ0v) is 12.2. The van der Waals surface area contributed by atoms with E-state index < -0.39 is 0 Å². The molecular formula is C13H17BrClNO. The Morgan fingerprint density at radius 3 is 2.59 bits per heavy atom. The predicted molar refractivity (Wildman–Crippen MR) is 75.4 cm³/mol. The number of amides is 1. The molecule has 1 N–H and O–H groups in total. The average Bonchev–Trinajstić information content (AvgIpc) is 2.31. The van der Waals surface area contributed by atoms with Crippen LogP contribution in [0.25, 0.3) is 0 Å². The lowest BCUT2D eigenvalue weighted by atomic mass is 10.1. The summed E-state index contributed by atoms with van der Waals surface area (Å²) in [5, 5.41) is 3.00. The van der Waals surface area contributed by atoms with Crippen LogP contribution in [0.5, 0.6) is 0 Å². The van der Waals surface area contributed by atoms with E-state index in [-0.39, 0.29) is 11.9 Å². The number of carbonyl (C=O) groups excluding carboxylic acids is 1. The molecule has 0 saturated carbocycles. The zero-order chi connectivity index (χ0) is 12.7. The van der Waals surface area contributed by atoms with Crippen molar-refractivity contribution in [1.82, 2.24) is 5.32 Å². The normalized spacial score (nSPS) is 12.2. The van der Waals surface area contributed by atoms with Gasteiger partial charge in [-0.1, -0.05) is 35.0 Å². The van der Waals surface area contributed by atoms with Gasteiger partial charge in [0, 0.05) is 16.4 Å². The summed E-state index contributed by atoms with van der Waals surface area (Å²) < 4.78 is 1.02. The third-order valence-electron chi connectivity index (χ3n) is 2.59. The van der Waals surface area contributed by atoms with Gasteiger partial charge in [-0.25, -0.2) is 0 Å². The highest BCUT2D eigenvalue weighted by molar-refractivity contribution is 9.10. The zero-order valence-electron chi connectivity index (χ0n) is 9.88. The summed E-state index contributed by atoms with van der Waals surface area (Å²) in [6.45, 7) is 2.05. The van der Waals surface area contributed by atoms with Crippen LogP contribution in [-0.2, 0) is 11.2 Å². The summed E-state index contributed by atoms with van der Waals surface area (Å²) in [6.07, 6.45) is 2.16. The molecule has 1 aromatic carbocycles. The van der Waals surface area contributed by atoms with E-state index in [2.05, 4.69) is 28.2 Å². The smallest absolute Gasteiger partial charge is 0.224 e. The number of hydrogen-bond donors (Lipinski definition) is 1. The monoisotopic (exact) mass is 317 g/mol. The molecule has 0 heterocycles. The minimum absolute atomic E-state index is 0.0595. The number of rotatable bonds is 6. The van der Waals surface area contributed by atoms with Gasteiger partial charge in [0.2, 0.25) is 5.91 Å². The summed E-state index contributed by atoms with van der Waals surface area (Å²) in [7, 11) is 0. The average molecular weight is 319 g/mol. The highest BCUT2D eigenvalue weighted by Crippen LogP contribution is 2.11. The molecular weight excluding hydrogens is 302 g/mol. The Morgan fingerprint density at radius 2 is 2.06 bits per heavy atom. The van der Waals surface area contributed by atoms with Gasteiger partial charge in [-0.05, 0) is 30.5 Å². The molecule has 0 aliphatic rings. The fourth-order valence-electron chi connectivity index (χ4n) is 1.58. The van der Waals surface area contributed by atoms with E-state index in [1.54, 1.807) is 0 Å². The van der Waals surface area contributed by atoms with Crippen LogP contribution in [-0.4, -0.2) is 17.8 Å². The number of alkyl halides is 1. The van der Waals surface area contributed by atoms with E-state index in [9.17, 15) is 4.79 Å². The quantitative estimate of drug-likeness (QED) is 0.799. The second-order valence-electron chi connectivity index (χ2n) is 3.95. The molecule has 0 spiro atoms. The van der Waals surface area contributed by atoms with E-state index in [1.807, 2.05) is 24.3 Å². The molecule has 0 aromatic heterocycles. The van der Waals surface area contributed by atoms with Crippen LogP contribution in [0.3, 0.4) is 0 Å². The maximum Gasteiger partial charge on any atom is 0.224 e. The lowest BCUT2D eigenvalue weighted by Gasteiger charge is -2.15. The van der Waals surface area contributed by atoms with Gasteiger partial charge in [-0.3, -0.25) is 4.79 Å². The SMILES string of the molecule is CCC(CCCl)NC(=O)Cc1ccc(Br)cc1. The van der Waals surface area contributed by atoms with Crippen molar-refractivity contribution in [1.29, 1.82) is 0 Å². The Balaban J connectivity index is 2.46. The second kappa shape index (κ2) is 7.72. The number of benzene rings is 1. The van der Waals surface area contributed by atoms with E-state index in [4.69, 9.17) is 11.6 Å². The molecule has 1 aromatic rings. The van der Waals surface area contributed by atoms with Gasteiger partial charge >= 0.3 is 0 Å². The summed E-state index contributed by atoms with van der Waals surface area (Å²) in [5.41, 5.74) is 1.02. The molecule has 0 saturated heterocycles. The van der Waals surface area contributed by atoms with Crippen molar-refractivity contribution in [2.45, 2.75) is 32.2 Å². The van der Waals surface area contributed by atoms with E-state index >= 15 is 0 Å². The van der Waals surface area contributed by atoms with Crippen LogP contribution in [0.2, 0.25) is 0 Å². The molecule has 0 fully saturated rings. The first-order chi connectivity index (χ1) is 8.15. The first-order valence-electron chi connectivity index (χ1n) is 5.75. The van der Waals surface area contributed by atoms with Crippen LogP contribution < -0.4 is 5.32 Å². The van der Waals surface area contributed by atoms with Crippen LogP contribution in [0.15, 0.2) is 28.7 Å². The number of nitrogens with one attached hydrogen (secondary N) is 1. The first kappa shape index (κ1) is 14.5. The molecule has 1 rings (SSSR count). The van der Waals surface area contributed by atoms with Gasteiger partial charge in [-0.2, -0.15) is 0 Å². The Hall–Kier alpha value is -0.540. The Bertz CT molecular complexity index is 353. The Kier molecular flexibility index (Phi) is 6.60. The molecule has 2 nitrogen and oxygen atoms in total. The minimum Gasteiger partial charge on any atom is -0.353 e. The van der Waals surface area contributed by atoms with Gasteiger partial charge in [0.15, 0.2) is 0 Å². The van der Waals surface area contributed by atoms with Gasteiger partial charge in [0.25, 0.3) is 0 Å². The second-order valence-corrected chi connectivity index (χ2v) is 5.25. The Labute approximate surface area is 116 Å². The molecule has 1 atom stereocenters. The summed E-state index contributed by atoms with van der Waals surface area (Å²) in [4.78, 5) is 11.8. The van der Waals surface area contributed by atoms with Crippen molar-refractivity contribution in [2.24, 2.45) is 0 Å². The molecule has 94 valence electrons. The van der Waals surface area contributed by atoms with Crippen LogP contribution in [0, 0.1) is 0 Å². The molecule has 4 heteroatoms. The first-order valence-corrected chi connectivity index (χ1v) is 7.08. The highest BCUT2D eigenvalue weighted by Gasteiger charge is 2.10. The van der Waals surface area contributed by atoms with Crippen LogP contribution >= 0.6 is 27.5 Å². The molecule has 0 bridgehead atoms. The van der Waals surface area contributed by atoms with E-state index in [0.29, 0.717) is 12.3 Å². The molecule has 17 heavy (non-hydrogen) atoms. The van der Waals surface area contributed by atoms with Gasteiger partial charge in [-0.15, -0.1) is 11.6 Å². The van der Waals surface area contributed by atoms with Crippen molar-refractivity contribution in [3.63, 3.8) is 0 Å². The van der Waals surface area contributed by atoms with Crippen molar-refractivity contribution in [3.05, 3.63) is 34.3 Å². The summed E-state index contributed by atoms with van der Waals surface area (Å²) in [6, 6.07) is 7.98. The minimum atomic E-state index is 0.0595. The van der Waals surface area contributed by atoms with Crippen LogP contribution in [0.1, 0.15) is 25.3 Å². The number of carbonyl (C=O) groups is 1. The van der Waals surface area contributed by atoms with Crippen molar-refractivity contribution in [2.75, 3.05) is 5.88 Å². The molecule has 0 aliphatic carbocycles. The lowest BCUT2D eigenvalue weighted by molar-refractivity contribution is -0.121. The largest absolute Gasteiger partial charge is 0.353 e. The number of hydrogen-bond acceptors (Lipinski definition) is 1. The van der Waals surface area contributed by atoms with Crippen molar-refractivity contribution >= 4 is 33.4 Å². The summed E-state index contributed by atoms with van der Waals surface area (Å²) in [5.74, 6) is 0.640. The summed E-state index contributed by atoms with van der Waals surface area (Å²) >= 11 is 9.05. The molecule has 1 amide bonds. The van der Waals surface area contributed by atoms with E-state index in [1.165, 1.54) is 0 Å². The van der Waals surface area contributed by atoms with Gasteiger partial charge in [0.05, 0.1) is 6.42 Å². The Morgan fingerprint density at radius 1 is 1.41 bits per heavy atom. The van der Waals surface area contributed by atoms with Crippen LogP contribution in [0.4, 0.5) is 0 Å². The van der Waals surface area contributed by atoms with Gasteiger partial charge in [0.1, 0.15) is 0 Å². The fourth-order valence-corrected chi connectivity index (χ4v) is 2.10. The molecule has 1 unspecified atom stereocenters. The topological polar surface area (TPSA) is 29.1 Å². The standard InChI is InChI=1S/C13H17BrClNO/c1-2-12(7-8-15)16-13(17)9-10-3-5-11(14)6-4-10/h3-6,12H,2,7-9H2,1H3,(H,16,17).